The van der Waals surface area contributed by atoms with E-state index < -0.39 is 15.8 Å². The highest BCUT2D eigenvalue weighted by atomic mass is 32.2. The quantitative estimate of drug-likeness (QED) is 0.844. The van der Waals surface area contributed by atoms with E-state index in [0.29, 0.717) is 19.0 Å². The molecule has 128 valence electrons. The van der Waals surface area contributed by atoms with E-state index >= 15 is 0 Å². The predicted octanol–water partition coefficient (Wildman–Crippen LogP) is 1.27. The fraction of sp³-hybridized carbons (Fsp3) is 0.533. The van der Waals surface area contributed by atoms with E-state index in [2.05, 4.69) is 10.0 Å². The summed E-state index contributed by atoms with van der Waals surface area (Å²) in [6, 6.07) is 3.49. The van der Waals surface area contributed by atoms with Crippen LogP contribution >= 0.6 is 0 Å². The van der Waals surface area contributed by atoms with Crippen LogP contribution in [0.2, 0.25) is 0 Å². The summed E-state index contributed by atoms with van der Waals surface area (Å²) in [6.07, 6.45) is 2.90. The first-order valence-electron chi connectivity index (χ1n) is 7.51. The molecule has 0 aliphatic carbocycles. The smallest absolute Gasteiger partial charge is 0.256 e. The van der Waals surface area contributed by atoms with Gasteiger partial charge in [-0.05, 0) is 50.6 Å². The zero-order valence-electron chi connectivity index (χ0n) is 13.3. The molecule has 0 bridgehead atoms. The Bertz CT molecular complexity index is 677. The lowest BCUT2D eigenvalue weighted by atomic mass is 9.97. The van der Waals surface area contributed by atoms with Gasteiger partial charge in [-0.25, -0.2) is 12.8 Å². The molecule has 1 aliphatic rings. The van der Waals surface area contributed by atoms with Crippen molar-refractivity contribution in [2.45, 2.75) is 12.8 Å². The average molecular weight is 343 g/mol. The molecule has 1 fully saturated rings. The number of nitrogens with zero attached hydrogens (tertiary/aromatic N) is 1. The van der Waals surface area contributed by atoms with Gasteiger partial charge in [0.2, 0.25) is 10.0 Å². The molecule has 1 atom stereocenters. The number of carbonyl (C=O) groups is 1. The van der Waals surface area contributed by atoms with Crippen LogP contribution in [0.25, 0.3) is 0 Å². The summed E-state index contributed by atoms with van der Waals surface area (Å²) >= 11 is 0. The second-order valence-corrected chi connectivity index (χ2v) is 7.63. The molecule has 1 unspecified atom stereocenters. The molecule has 0 radical (unpaired) electrons. The van der Waals surface area contributed by atoms with Gasteiger partial charge in [-0.2, -0.15) is 0 Å². The van der Waals surface area contributed by atoms with Gasteiger partial charge in [-0.1, -0.05) is 0 Å². The molecule has 23 heavy (non-hydrogen) atoms. The van der Waals surface area contributed by atoms with Gasteiger partial charge in [-0.15, -0.1) is 0 Å². The number of hydrogen-bond donors (Lipinski definition) is 2. The van der Waals surface area contributed by atoms with Gasteiger partial charge in [0.25, 0.3) is 5.91 Å². The van der Waals surface area contributed by atoms with Crippen molar-refractivity contribution in [2.75, 3.05) is 37.7 Å². The van der Waals surface area contributed by atoms with Crippen LogP contribution in [0.1, 0.15) is 23.2 Å². The first kappa shape index (κ1) is 17.7. The third-order valence-electron chi connectivity index (χ3n) is 3.81. The van der Waals surface area contributed by atoms with E-state index in [1.165, 1.54) is 6.07 Å². The molecule has 1 aromatic carbocycles. The summed E-state index contributed by atoms with van der Waals surface area (Å²) in [4.78, 5) is 14.4. The Morgan fingerprint density at radius 1 is 1.43 bits per heavy atom. The number of sulfonamides is 1. The summed E-state index contributed by atoms with van der Waals surface area (Å²) in [5.74, 6) is -0.579. The standard InChI is InChI=1S/C15H22FN3O3S/c1-17-9-11-4-3-7-19(10-11)15(20)13-8-12(16)5-6-14(13)18-23(2,21)22/h5-6,8,11,17-18H,3-4,7,9-10H2,1-2H3. The van der Waals surface area contributed by atoms with Crippen molar-refractivity contribution in [3.05, 3.63) is 29.6 Å². The molecule has 1 amide bonds. The van der Waals surface area contributed by atoms with Crippen LogP contribution < -0.4 is 10.0 Å². The molecular formula is C15H22FN3O3S. The van der Waals surface area contributed by atoms with E-state index in [1.807, 2.05) is 7.05 Å². The first-order valence-corrected chi connectivity index (χ1v) is 9.40. The SMILES string of the molecule is CNCC1CCCN(C(=O)c2cc(F)ccc2NS(C)(=O)=O)C1. The minimum absolute atomic E-state index is 0.0422. The number of amides is 1. The lowest BCUT2D eigenvalue weighted by Crippen LogP contribution is -2.42. The summed E-state index contributed by atoms with van der Waals surface area (Å²) in [5.41, 5.74) is 0.148. The molecule has 1 heterocycles. The van der Waals surface area contributed by atoms with E-state index in [9.17, 15) is 17.6 Å². The Hall–Kier alpha value is -1.67. The monoisotopic (exact) mass is 343 g/mol. The van der Waals surface area contributed by atoms with Gasteiger partial charge in [0.05, 0.1) is 17.5 Å². The number of nitrogens with one attached hydrogen (secondary N) is 2. The highest BCUT2D eigenvalue weighted by Gasteiger charge is 2.26. The molecule has 8 heteroatoms. The van der Waals surface area contributed by atoms with Crippen molar-refractivity contribution < 1.29 is 17.6 Å². The summed E-state index contributed by atoms with van der Waals surface area (Å²) < 4.78 is 38.7. The van der Waals surface area contributed by atoms with Crippen molar-refractivity contribution in [3.8, 4) is 0 Å². The number of rotatable bonds is 5. The van der Waals surface area contributed by atoms with Gasteiger partial charge in [-0.3, -0.25) is 9.52 Å². The second-order valence-electron chi connectivity index (χ2n) is 5.88. The van der Waals surface area contributed by atoms with Gasteiger partial charge in [0, 0.05) is 13.1 Å². The second kappa shape index (κ2) is 7.27. The number of benzene rings is 1. The number of piperidine rings is 1. The van der Waals surface area contributed by atoms with Crippen LogP contribution in [0.5, 0.6) is 0 Å². The molecule has 2 N–H and O–H groups in total. The van der Waals surface area contributed by atoms with E-state index in [1.54, 1.807) is 4.90 Å². The molecule has 6 nitrogen and oxygen atoms in total. The lowest BCUT2D eigenvalue weighted by molar-refractivity contribution is 0.0675. The molecular weight excluding hydrogens is 321 g/mol. The third-order valence-corrected chi connectivity index (χ3v) is 4.40. The van der Waals surface area contributed by atoms with Gasteiger partial charge < -0.3 is 10.2 Å². The first-order chi connectivity index (χ1) is 10.8. The van der Waals surface area contributed by atoms with Crippen LogP contribution in [-0.4, -0.2) is 52.2 Å². The lowest BCUT2D eigenvalue weighted by Gasteiger charge is -2.33. The topological polar surface area (TPSA) is 78.5 Å². The van der Waals surface area contributed by atoms with Crippen molar-refractivity contribution in [2.24, 2.45) is 5.92 Å². The Morgan fingerprint density at radius 2 is 2.17 bits per heavy atom. The number of halogens is 1. The van der Waals surface area contributed by atoms with Gasteiger partial charge in [0.15, 0.2) is 0 Å². The molecule has 1 saturated heterocycles. The number of carbonyl (C=O) groups excluding carboxylic acids is 1. The maximum absolute atomic E-state index is 13.5. The van der Waals surface area contributed by atoms with Crippen molar-refractivity contribution >= 4 is 21.6 Å². The number of likely N-dealkylation sites (tertiary alicyclic amines) is 1. The van der Waals surface area contributed by atoms with Crippen LogP contribution in [0.3, 0.4) is 0 Å². The van der Waals surface area contributed by atoms with Crippen LogP contribution in [0.15, 0.2) is 18.2 Å². The molecule has 2 rings (SSSR count). The van der Waals surface area contributed by atoms with Gasteiger partial charge >= 0.3 is 0 Å². The summed E-state index contributed by atoms with van der Waals surface area (Å²) in [6.45, 7) is 1.98. The number of anilines is 1. The van der Waals surface area contributed by atoms with Crippen LogP contribution in [-0.2, 0) is 10.0 Å². The Balaban J connectivity index is 2.25. The maximum Gasteiger partial charge on any atom is 0.256 e. The van der Waals surface area contributed by atoms with E-state index in [4.69, 9.17) is 0 Å². The average Bonchev–Trinajstić information content (AvgIpc) is 2.48. The summed E-state index contributed by atoms with van der Waals surface area (Å²) in [7, 11) is -1.69. The molecule has 0 saturated carbocycles. The summed E-state index contributed by atoms with van der Waals surface area (Å²) in [5, 5.41) is 3.10. The third kappa shape index (κ3) is 4.90. The number of hydrogen-bond acceptors (Lipinski definition) is 4. The zero-order chi connectivity index (χ0) is 17.0. The Labute approximate surface area is 136 Å². The highest BCUT2D eigenvalue weighted by molar-refractivity contribution is 7.92. The fourth-order valence-electron chi connectivity index (χ4n) is 2.86. The van der Waals surface area contributed by atoms with E-state index in [0.717, 1.165) is 37.8 Å². The van der Waals surface area contributed by atoms with Crippen molar-refractivity contribution in [1.82, 2.24) is 10.2 Å². The normalized spacial score (nSPS) is 18.7. The predicted molar refractivity (Wildman–Crippen MR) is 87.4 cm³/mol. The molecule has 0 aromatic heterocycles. The largest absolute Gasteiger partial charge is 0.338 e. The van der Waals surface area contributed by atoms with E-state index in [-0.39, 0.29) is 17.2 Å². The minimum atomic E-state index is -3.55. The molecule has 0 spiro atoms. The highest BCUT2D eigenvalue weighted by Crippen LogP contribution is 2.23. The zero-order valence-corrected chi connectivity index (χ0v) is 14.1. The van der Waals surface area contributed by atoms with Gasteiger partial charge in [0.1, 0.15) is 5.82 Å². The maximum atomic E-state index is 13.5. The van der Waals surface area contributed by atoms with Crippen LogP contribution in [0, 0.1) is 11.7 Å². The van der Waals surface area contributed by atoms with Crippen molar-refractivity contribution in [3.63, 3.8) is 0 Å². The Morgan fingerprint density at radius 3 is 2.83 bits per heavy atom. The fourth-order valence-corrected chi connectivity index (χ4v) is 3.43. The minimum Gasteiger partial charge on any atom is -0.338 e. The molecule has 1 aromatic rings. The molecule has 1 aliphatic heterocycles. The van der Waals surface area contributed by atoms with Crippen LogP contribution in [0.4, 0.5) is 10.1 Å². The Kier molecular flexibility index (Phi) is 5.59. The van der Waals surface area contributed by atoms with Crippen molar-refractivity contribution in [1.29, 1.82) is 0 Å².